The molecule has 0 radical (unpaired) electrons. The maximum atomic E-state index is 12.7. The first-order valence-corrected chi connectivity index (χ1v) is 10.7. The highest BCUT2D eigenvalue weighted by molar-refractivity contribution is 5.92. The summed E-state index contributed by atoms with van der Waals surface area (Å²) >= 11 is 0. The third kappa shape index (κ3) is 4.99. The number of amides is 2. The Hall–Kier alpha value is -2.87. The van der Waals surface area contributed by atoms with Crippen LogP contribution in [0, 0.1) is 5.92 Å². The molecule has 2 amide bonds. The third-order valence-corrected chi connectivity index (χ3v) is 6.06. The molecule has 2 saturated heterocycles. The molecule has 0 aliphatic carbocycles. The first-order chi connectivity index (χ1) is 14.7. The molecular formula is C22H28N6O2. The minimum absolute atomic E-state index is 0.0228. The predicted octanol–water partition coefficient (Wildman–Crippen LogP) is 1.50. The van der Waals surface area contributed by atoms with Crippen LogP contribution in [0.1, 0.15) is 41.7 Å². The highest BCUT2D eigenvalue weighted by Crippen LogP contribution is 2.24. The number of hydrogen-bond acceptors (Lipinski definition) is 6. The van der Waals surface area contributed by atoms with Crippen molar-refractivity contribution in [2.75, 3.05) is 26.2 Å². The van der Waals surface area contributed by atoms with Gasteiger partial charge in [0.15, 0.2) is 0 Å². The van der Waals surface area contributed by atoms with Gasteiger partial charge in [0, 0.05) is 57.0 Å². The molecule has 4 heterocycles. The monoisotopic (exact) mass is 408 g/mol. The summed E-state index contributed by atoms with van der Waals surface area (Å²) in [7, 11) is 0. The molecule has 1 atom stereocenters. The number of aromatic nitrogens is 3. The maximum absolute atomic E-state index is 12.7. The Morgan fingerprint density at radius 3 is 2.60 bits per heavy atom. The lowest BCUT2D eigenvalue weighted by atomic mass is 9.93. The van der Waals surface area contributed by atoms with Crippen molar-refractivity contribution in [3.8, 4) is 0 Å². The van der Waals surface area contributed by atoms with Gasteiger partial charge in [0.2, 0.25) is 5.91 Å². The lowest BCUT2D eigenvalue weighted by Gasteiger charge is -2.42. The SMILES string of the molecule is O=C(NCc1cccnc1)[C@@H]1CCCN(C2CCN(C(=O)c3cnccn3)CC2)C1. The zero-order valence-corrected chi connectivity index (χ0v) is 17.1. The van der Waals surface area contributed by atoms with Crippen molar-refractivity contribution in [1.29, 1.82) is 0 Å². The number of nitrogens with one attached hydrogen (secondary N) is 1. The van der Waals surface area contributed by atoms with Crippen LogP contribution in [0.5, 0.6) is 0 Å². The van der Waals surface area contributed by atoms with Crippen LogP contribution in [0.25, 0.3) is 0 Å². The van der Waals surface area contributed by atoms with Crippen LogP contribution in [0.4, 0.5) is 0 Å². The van der Waals surface area contributed by atoms with Gasteiger partial charge in [0.25, 0.3) is 5.91 Å². The smallest absolute Gasteiger partial charge is 0.274 e. The largest absolute Gasteiger partial charge is 0.352 e. The molecule has 0 aromatic carbocycles. The van der Waals surface area contributed by atoms with E-state index in [-0.39, 0.29) is 17.7 Å². The average Bonchev–Trinajstić information content (AvgIpc) is 2.83. The molecule has 2 aromatic heterocycles. The highest BCUT2D eigenvalue weighted by atomic mass is 16.2. The van der Waals surface area contributed by atoms with Gasteiger partial charge in [-0.1, -0.05) is 6.07 Å². The molecule has 2 aromatic rings. The normalized spacial score (nSPS) is 20.7. The quantitative estimate of drug-likeness (QED) is 0.806. The molecule has 8 nitrogen and oxygen atoms in total. The van der Waals surface area contributed by atoms with Gasteiger partial charge in [-0.3, -0.25) is 24.5 Å². The summed E-state index contributed by atoms with van der Waals surface area (Å²) in [6.07, 6.45) is 12.0. The molecular weight excluding hydrogens is 380 g/mol. The van der Waals surface area contributed by atoms with Crippen LogP contribution >= 0.6 is 0 Å². The van der Waals surface area contributed by atoms with Crippen LogP contribution in [-0.4, -0.2) is 68.8 Å². The third-order valence-electron chi connectivity index (χ3n) is 6.06. The zero-order chi connectivity index (χ0) is 20.8. The van der Waals surface area contributed by atoms with E-state index in [0.29, 0.717) is 31.4 Å². The van der Waals surface area contributed by atoms with E-state index in [1.54, 1.807) is 24.8 Å². The summed E-state index contributed by atoms with van der Waals surface area (Å²) in [5.41, 5.74) is 1.41. The zero-order valence-electron chi connectivity index (χ0n) is 17.1. The van der Waals surface area contributed by atoms with Gasteiger partial charge in [0.05, 0.1) is 12.1 Å². The fourth-order valence-corrected chi connectivity index (χ4v) is 4.39. The van der Waals surface area contributed by atoms with Gasteiger partial charge >= 0.3 is 0 Å². The molecule has 0 bridgehead atoms. The molecule has 2 aliphatic rings. The van der Waals surface area contributed by atoms with Gasteiger partial charge in [-0.2, -0.15) is 0 Å². The van der Waals surface area contributed by atoms with Crippen molar-refractivity contribution >= 4 is 11.8 Å². The molecule has 0 saturated carbocycles. The molecule has 2 aliphatic heterocycles. The number of nitrogens with zero attached hydrogens (tertiary/aromatic N) is 5. The lowest BCUT2D eigenvalue weighted by Crippen LogP contribution is -2.51. The summed E-state index contributed by atoms with van der Waals surface area (Å²) in [4.78, 5) is 41.7. The van der Waals surface area contributed by atoms with Crippen LogP contribution in [0.15, 0.2) is 43.1 Å². The van der Waals surface area contributed by atoms with Crippen LogP contribution in [0.3, 0.4) is 0 Å². The van der Waals surface area contributed by atoms with Gasteiger partial charge in [0.1, 0.15) is 5.69 Å². The van der Waals surface area contributed by atoms with Gasteiger partial charge in [-0.15, -0.1) is 0 Å². The molecule has 0 spiro atoms. The van der Waals surface area contributed by atoms with E-state index >= 15 is 0 Å². The van der Waals surface area contributed by atoms with E-state index in [4.69, 9.17) is 0 Å². The summed E-state index contributed by atoms with van der Waals surface area (Å²) in [5.74, 6) is 0.0985. The van der Waals surface area contributed by atoms with Crippen LogP contribution < -0.4 is 5.32 Å². The van der Waals surface area contributed by atoms with Crippen LogP contribution in [0.2, 0.25) is 0 Å². The van der Waals surface area contributed by atoms with Crippen molar-refractivity contribution in [2.45, 2.75) is 38.3 Å². The van der Waals surface area contributed by atoms with Crippen molar-refractivity contribution in [3.05, 3.63) is 54.4 Å². The predicted molar refractivity (Wildman–Crippen MR) is 111 cm³/mol. The fourth-order valence-electron chi connectivity index (χ4n) is 4.39. The Bertz CT molecular complexity index is 839. The summed E-state index contributed by atoms with van der Waals surface area (Å²) in [6.45, 7) is 3.77. The minimum atomic E-state index is -0.0483. The van der Waals surface area contributed by atoms with Gasteiger partial charge < -0.3 is 10.2 Å². The minimum Gasteiger partial charge on any atom is -0.352 e. The summed E-state index contributed by atoms with van der Waals surface area (Å²) < 4.78 is 0. The van der Waals surface area contributed by atoms with Crippen molar-refractivity contribution < 1.29 is 9.59 Å². The Labute approximate surface area is 176 Å². The Morgan fingerprint density at radius 2 is 1.87 bits per heavy atom. The second-order valence-electron chi connectivity index (χ2n) is 8.03. The van der Waals surface area contributed by atoms with E-state index in [2.05, 4.69) is 25.2 Å². The standard InChI is InChI=1S/C22H28N6O2/c29-21(26-14-17-3-1-7-23-13-17)18-4-2-10-28(16-18)19-5-11-27(12-6-19)22(30)20-15-24-8-9-25-20/h1,3,7-9,13,15,18-19H,2,4-6,10-12,14,16H2,(H,26,29)/t18-/m1/s1. The molecule has 0 unspecified atom stereocenters. The second kappa shape index (κ2) is 9.75. The second-order valence-corrected chi connectivity index (χ2v) is 8.03. The van der Waals surface area contributed by atoms with Crippen LogP contribution in [-0.2, 0) is 11.3 Å². The van der Waals surface area contributed by atoms with E-state index < -0.39 is 0 Å². The topological polar surface area (TPSA) is 91.3 Å². The molecule has 158 valence electrons. The van der Waals surface area contributed by atoms with Crippen molar-refractivity contribution in [1.82, 2.24) is 30.1 Å². The number of carbonyl (C=O) groups is 2. The number of pyridine rings is 1. The van der Waals surface area contributed by atoms with E-state index in [1.807, 2.05) is 17.0 Å². The van der Waals surface area contributed by atoms with E-state index in [9.17, 15) is 9.59 Å². The Balaban J connectivity index is 1.26. The molecule has 8 heteroatoms. The first-order valence-electron chi connectivity index (χ1n) is 10.7. The van der Waals surface area contributed by atoms with E-state index in [1.165, 1.54) is 6.20 Å². The van der Waals surface area contributed by atoms with Crippen molar-refractivity contribution in [2.24, 2.45) is 5.92 Å². The first kappa shape index (κ1) is 20.4. The van der Waals surface area contributed by atoms with Crippen molar-refractivity contribution in [3.63, 3.8) is 0 Å². The summed E-state index contributed by atoms with van der Waals surface area (Å²) in [6, 6.07) is 4.27. The van der Waals surface area contributed by atoms with E-state index in [0.717, 1.165) is 44.3 Å². The lowest BCUT2D eigenvalue weighted by molar-refractivity contribution is -0.127. The molecule has 1 N–H and O–H groups in total. The summed E-state index contributed by atoms with van der Waals surface area (Å²) in [5, 5.41) is 3.06. The average molecular weight is 409 g/mol. The Morgan fingerprint density at radius 1 is 1.03 bits per heavy atom. The number of piperidine rings is 2. The fraction of sp³-hybridized carbons (Fsp3) is 0.500. The molecule has 4 rings (SSSR count). The molecule has 2 fully saturated rings. The number of hydrogen-bond donors (Lipinski definition) is 1. The number of carbonyl (C=O) groups excluding carboxylic acids is 2. The highest BCUT2D eigenvalue weighted by Gasteiger charge is 2.32. The maximum Gasteiger partial charge on any atom is 0.274 e. The number of rotatable bonds is 5. The van der Waals surface area contributed by atoms with Gasteiger partial charge in [-0.25, -0.2) is 4.98 Å². The Kier molecular flexibility index (Phi) is 6.63. The number of likely N-dealkylation sites (tertiary alicyclic amines) is 2. The van der Waals surface area contributed by atoms with Gasteiger partial charge in [-0.05, 0) is 43.9 Å². The molecule has 30 heavy (non-hydrogen) atoms.